The first-order valence-electron chi connectivity index (χ1n) is 4.85. The molecule has 15 heavy (non-hydrogen) atoms. The molecule has 0 spiro atoms. The van der Waals surface area contributed by atoms with Crippen molar-refractivity contribution in [3.8, 4) is 0 Å². The predicted molar refractivity (Wildman–Crippen MR) is 57.8 cm³/mol. The Morgan fingerprint density at radius 1 is 1.07 bits per heavy atom. The van der Waals surface area contributed by atoms with Gasteiger partial charge in [0.05, 0.1) is 0 Å². The molecule has 0 saturated carbocycles. The molecule has 0 atom stereocenters. The molecule has 0 unspecified atom stereocenters. The molecule has 4 nitrogen and oxygen atoms in total. The van der Waals surface area contributed by atoms with Gasteiger partial charge in [0, 0.05) is 11.1 Å². The van der Waals surface area contributed by atoms with E-state index in [1.165, 1.54) is 10.9 Å². The number of aromatic nitrogens is 4. The van der Waals surface area contributed by atoms with Crippen LogP contribution in [0.3, 0.4) is 0 Å². The molecule has 1 aromatic carbocycles. The predicted octanol–water partition coefficient (Wildman–Crippen LogP) is 1.89. The Bertz CT molecular complexity index is 654. The summed E-state index contributed by atoms with van der Waals surface area (Å²) in [5.74, 6) is 0. The van der Waals surface area contributed by atoms with Gasteiger partial charge in [-0.15, -0.1) is 5.10 Å². The van der Waals surface area contributed by atoms with E-state index in [9.17, 15) is 0 Å². The third-order valence-electron chi connectivity index (χ3n) is 2.90. The van der Waals surface area contributed by atoms with Crippen LogP contribution in [0.2, 0.25) is 0 Å². The Morgan fingerprint density at radius 2 is 1.80 bits per heavy atom. The van der Waals surface area contributed by atoms with E-state index in [1.807, 2.05) is 25.1 Å². The fourth-order valence-electron chi connectivity index (χ4n) is 1.94. The second kappa shape index (κ2) is 2.76. The van der Waals surface area contributed by atoms with Crippen LogP contribution in [0.15, 0.2) is 24.3 Å². The number of benzene rings is 1. The maximum absolute atomic E-state index is 4.05. The van der Waals surface area contributed by atoms with E-state index in [1.54, 1.807) is 4.52 Å². The van der Waals surface area contributed by atoms with Crippen LogP contribution < -0.4 is 0 Å². The van der Waals surface area contributed by atoms with Crippen LogP contribution in [0.5, 0.6) is 0 Å². The lowest BCUT2D eigenvalue weighted by molar-refractivity contribution is 0.801. The van der Waals surface area contributed by atoms with Gasteiger partial charge in [-0.05, 0) is 35.2 Å². The molecule has 2 aromatic heterocycles. The molecule has 74 valence electrons. The summed E-state index contributed by atoms with van der Waals surface area (Å²) in [4.78, 5) is 0. The van der Waals surface area contributed by atoms with Crippen molar-refractivity contribution in [2.75, 3.05) is 0 Å². The topological polar surface area (TPSA) is 43.1 Å². The highest BCUT2D eigenvalue weighted by Crippen LogP contribution is 2.23. The molecule has 3 aromatic rings. The van der Waals surface area contributed by atoms with Gasteiger partial charge in [0.15, 0.2) is 5.65 Å². The molecule has 0 aliphatic rings. The fourth-order valence-corrected chi connectivity index (χ4v) is 1.94. The molecular weight excluding hydrogens is 188 g/mol. The van der Waals surface area contributed by atoms with Gasteiger partial charge in [-0.1, -0.05) is 24.3 Å². The quantitative estimate of drug-likeness (QED) is 0.554. The van der Waals surface area contributed by atoms with Crippen molar-refractivity contribution in [1.29, 1.82) is 0 Å². The monoisotopic (exact) mass is 198 g/mol. The molecular formula is C11H10N4. The first kappa shape index (κ1) is 8.35. The number of tetrazole rings is 1. The average molecular weight is 198 g/mol. The molecule has 0 N–H and O–H groups in total. The van der Waals surface area contributed by atoms with Crippen molar-refractivity contribution in [3.63, 3.8) is 0 Å². The summed E-state index contributed by atoms with van der Waals surface area (Å²) in [5, 5.41) is 14.1. The zero-order valence-corrected chi connectivity index (χ0v) is 8.60. The van der Waals surface area contributed by atoms with E-state index < -0.39 is 0 Å². The Labute approximate surface area is 86.5 Å². The van der Waals surface area contributed by atoms with Crippen molar-refractivity contribution >= 4 is 16.4 Å². The number of hydrogen-bond acceptors (Lipinski definition) is 3. The molecule has 3 rings (SSSR count). The van der Waals surface area contributed by atoms with Gasteiger partial charge < -0.3 is 0 Å². The fraction of sp³-hybridized carbons (Fsp3) is 0.182. The Balaban J connectivity index is 2.70. The van der Waals surface area contributed by atoms with Crippen LogP contribution in [0.25, 0.3) is 16.4 Å². The smallest absolute Gasteiger partial charge is 0.187 e. The Kier molecular flexibility index (Phi) is 1.54. The minimum Gasteiger partial charge on any atom is -0.197 e. The lowest BCUT2D eigenvalue weighted by Gasteiger charge is -2.06. The van der Waals surface area contributed by atoms with Crippen LogP contribution in [0, 0.1) is 13.8 Å². The third kappa shape index (κ3) is 0.986. The molecule has 0 radical (unpaired) electrons. The van der Waals surface area contributed by atoms with Gasteiger partial charge in [0.2, 0.25) is 0 Å². The van der Waals surface area contributed by atoms with E-state index in [-0.39, 0.29) is 0 Å². The standard InChI is InChI=1S/C11H10N4/c1-7-8(2)15-11(12-13-14-15)10-6-4-3-5-9(7)10/h3-6H,1-2H3. The number of hydrogen-bond donors (Lipinski definition) is 0. The molecule has 0 aliphatic carbocycles. The highest BCUT2D eigenvalue weighted by molar-refractivity contribution is 5.96. The molecule has 0 fully saturated rings. The van der Waals surface area contributed by atoms with Crippen LogP contribution in [0.4, 0.5) is 0 Å². The maximum atomic E-state index is 4.05. The van der Waals surface area contributed by atoms with Gasteiger partial charge in [-0.25, -0.2) is 0 Å². The van der Waals surface area contributed by atoms with Crippen molar-refractivity contribution in [3.05, 3.63) is 35.5 Å². The van der Waals surface area contributed by atoms with Crippen LogP contribution in [-0.4, -0.2) is 20.0 Å². The van der Waals surface area contributed by atoms with Crippen molar-refractivity contribution in [2.24, 2.45) is 0 Å². The molecule has 4 heteroatoms. The van der Waals surface area contributed by atoms with Crippen LogP contribution in [0.1, 0.15) is 11.3 Å². The highest BCUT2D eigenvalue weighted by Gasteiger charge is 2.09. The van der Waals surface area contributed by atoms with Gasteiger partial charge in [0.1, 0.15) is 0 Å². The first-order valence-corrected chi connectivity index (χ1v) is 4.85. The highest BCUT2D eigenvalue weighted by atomic mass is 15.5. The first-order chi connectivity index (χ1) is 7.29. The largest absolute Gasteiger partial charge is 0.197 e. The summed E-state index contributed by atoms with van der Waals surface area (Å²) in [6.45, 7) is 4.13. The number of aryl methyl sites for hydroxylation is 2. The van der Waals surface area contributed by atoms with Gasteiger partial charge in [-0.3, -0.25) is 0 Å². The zero-order valence-electron chi connectivity index (χ0n) is 8.60. The summed E-state index contributed by atoms with van der Waals surface area (Å²) in [7, 11) is 0. The molecule has 2 heterocycles. The lowest BCUT2D eigenvalue weighted by atomic mass is 10.1. The third-order valence-corrected chi connectivity index (χ3v) is 2.90. The molecule has 0 aliphatic heterocycles. The Hall–Kier alpha value is -1.97. The normalized spacial score (nSPS) is 11.3. The van der Waals surface area contributed by atoms with Crippen molar-refractivity contribution < 1.29 is 0 Å². The summed E-state index contributed by atoms with van der Waals surface area (Å²) < 4.78 is 1.79. The van der Waals surface area contributed by atoms with E-state index in [4.69, 9.17) is 0 Å². The number of nitrogens with zero attached hydrogens (tertiary/aromatic N) is 4. The second-order valence-corrected chi connectivity index (χ2v) is 3.67. The van der Waals surface area contributed by atoms with E-state index in [2.05, 4.69) is 28.5 Å². The number of fused-ring (bicyclic) bond motifs is 3. The average Bonchev–Trinajstić information content (AvgIpc) is 2.75. The summed E-state index contributed by atoms with van der Waals surface area (Å²) >= 11 is 0. The molecule has 0 bridgehead atoms. The van der Waals surface area contributed by atoms with Gasteiger partial charge in [-0.2, -0.15) is 4.52 Å². The SMILES string of the molecule is Cc1c(C)n2nnnc2c2ccccc12. The number of pyridine rings is 1. The minimum atomic E-state index is 0.828. The molecule has 0 saturated heterocycles. The summed E-state index contributed by atoms with van der Waals surface area (Å²) in [5.41, 5.74) is 3.15. The van der Waals surface area contributed by atoms with Gasteiger partial charge >= 0.3 is 0 Å². The van der Waals surface area contributed by atoms with Crippen LogP contribution in [-0.2, 0) is 0 Å². The van der Waals surface area contributed by atoms with E-state index in [0.29, 0.717) is 0 Å². The van der Waals surface area contributed by atoms with E-state index >= 15 is 0 Å². The minimum absolute atomic E-state index is 0.828. The van der Waals surface area contributed by atoms with Gasteiger partial charge in [0.25, 0.3) is 0 Å². The van der Waals surface area contributed by atoms with Crippen molar-refractivity contribution in [1.82, 2.24) is 20.0 Å². The van der Waals surface area contributed by atoms with E-state index in [0.717, 1.165) is 16.7 Å². The number of rotatable bonds is 0. The maximum Gasteiger partial charge on any atom is 0.187 e. The molecule has 0 amide bonds. The summed E-state index contributed by atoms with van der Waals surface area (Å²) in [6.07, 6.45) is 0. The van der Waals surface area contributed by atoms with Crippen molar-refractivity contribution in [2.45, 2.75) is 13.8 Å². The lowest BCUT2D eigenvalue weighted by Crippen LogP contribution is -1.98. The zero-order chi connectivity index (χ0) is 10.4. The second-order valence-electron chi connectivity index (χ2n) is 3.67. The summed E-state index contributed by atoms with van der Waals surface area (Å²) in [6, 6.07) is 8.20. The Morgan fingerprint density at radius 3 is 2.60 bits per heavy atom. The van der Waals surface area contributed by atoms with Crippen LogP contribution >= 0.6 is 0 Å².